The lowest BCUT2D eigenvalue weighted by atomic mass is 10.1. The fraction of sp³-hybridized carbons (Fsp3) is 0.385. The van der Waals surface area contributed by atoms with Crippen LogP contribution in [0.15, 0.2) is 35.5 Å². The number of carbonyl (C=O) groups is 1. The summed E-state index contributed by atoms with van der Waals surface area (Å²) in [6.07, 6.45) is 0.415. The van der Waals surface area contributed by atoms with Crippen LogP contribution in [0.5, 0.6) is 0 Å². The molecule has 5 heteroatoms. The molecule has 0 heterocycles. The third-order valence-corrected chi connectivity index (χ3v) is 2.85. The Kier molecular flexibility index (Phi) is 5.09. The second kappa shape index (κ2) is 6.35. The molecule has 1 aromatic rings. The standard InChI is InChI=1S/C13H19NO3Si/c1-16-14-12(13(15)17-18(2,3)4)10-11-8-6-5-7-9-11/h5-9H,10H2,1-4H3/b14-12-. The van der Waals surface area contributed by atoms with Crippen LogP contribution < -0.4 is 0 Å². The summed E-state index contributed by atoms with van der Waals surface area (Å²) in [4.78, 5) is 16.7. The van der Waals surface area contributed by atoms with E-state index in [1.807, 2.05) is 50.0 Å². The average molecular weight is 265 g/mol. The number of hydrogen-bond acceptors (Lipinski definition) is 4. The maximum absolute atomic E-state index is 12.0. The summed E-state index contributed by atoms with van der Waals surface area (Å²) >= 11 is 0. The first kappa shape index (κ1) is 14.4. The van der Waals surface area contributed by atoms with Gasteiger partial charge >= 0.3 is 5.97 Å². The molecule has 0 fully saturated rings. The van der Waals surface area contributed by atoms with Gasteiger partial charge in [0.1, 0.15) is 7.11 Å². The average Bonchev–Trinajstić information content (AvgIpc) is 2.27. The van der Waals surface area contributed by atoms with Crippen LogP contribution >= 0.6 is 0 Å². The van der Waals surface area contributed by atoms with E-state index >= 15 is 0 Å². The maximum atomic E-state index is 12.0. The van der Waals surface area contributed by atoms with Crippen LogP contribution in [0.1, 0.15) is 5.56 Å². The van der Waals surface area contributed by atoms with Gasteiger partial charge in [0, 0.05) is 6.42 Å². The molecule has 0 aromatic heterocycles. The van der Waals surface area contributed by atoms with Crippen LogP contribution in [-0.4, -0.2) is 27.1 Å². The van der Waals surface area contributed by atoms with E-state index in [9.17, 15) is 4.79 Å². The Morgan fingerprint density at radius 3 is 2.33 bits per heavy atom. The Morgan fingerprint density at radius 2 is 1.83 bits per heavy atom. The van der Waals surface area contributed by atoms with Crippen molar-refractivity contribution in [3.8, 4) is 0 Å². The smallest absolute Gasteiger partial charge is 0.343 e. The Morgan fingerprint density at radius 1 is 1.22 bits per heavy atom. The third-order valence-electron chi connectivity index (χ3n) is 2.05. The van der Waals surface area contributed by atoms with Crippen molar-refractivity contribution in [3.05, 3.63) is 35.9 Å². The van der Waals surface area contributed by atoms with E-state index < -0.39 is 8.32 Å². The number of hydrogen-bond donors (Lipinski definition) is 0. The van der Waals surface area contributed by atoms with Crippen LogP contribution in [0.25, 0.3) is 0 Å². The fourth-order valence-corrected chi connectivity index (χ4v) is 2.05. The molecule has 1 aromatic carbocycles. The molecule has 98 valence electrons. The minimum absolute atomic E-state index is 0.297. The lowest BCUT2D eigenvalue weighted by Gasteiger charge is -2.17. The topological polar surface area (TPSA) is 47.9 Å². The normalized spacial score (nSPS) is 12.1. The number of oxime groups is 1. The quantitative estimate of drug-likeness (QED) is 0.467. The highest BCUT2D eigenvalue weighted by molar-refractivity contribution is 6.72. The van der Waals surface area contributed by atoms with Gasteiger partial charge in [0.15, 0.2) is 5.71 Å². The van der Waals surface area contributed by atoms with Gasteiger partial charge in [0.2, 0.25) is 8.32 Å². The van der Waals surface area contributed by atoms with E-state index in [0.717, 1.165) is 5.56 Å². The molecule has 0 aliphatic heterocycles. The van der Waals surface area contributed by atoms with Crippen LogP contribution in [0.2, 0.25) is 19.6 Å². The van der Waals surface area contributed by atoms with E-state index in [1.54, 1.807) is 0 Å². The largest absolute Gasteiger partial charge is 0.515 e. The molecule has 0 bridgehead atoms. The SMILES string of the molecule is CO/N=C(/Cc1ccccc1)C(=O)O[Si](C)(C)C. The van der Waals surface area contributed by atoms with Gasteiger partial charge in [0.05, 0.1) is 0 Å². The molecule has 0 unspecified atom stereocenters. The predicted octanol–water partition coefficient (Wildman–Crippen LogP) is 2.61. The van der Waals surface area contributed by atoms with Crippen molar-refractivity contribution in [1.82, 2.24) is 0 Å². The molecule has 0 N–H and O–H groups in total. The molecule has 0 saturated carbocycles. The molecule has 4 nitrogen and oxygen atoms in total. The summed E-state index contributed by atoms with van der Waals surface area (Å²) in [5, 5.41) is 3.77. The van der Waals surface area contributed by atoms with E-state index in [2.05, 4.69) is 5.16 Å². The first-order valence-corrected chi connectivity index (χ1v) is 9.20. The zero-order valence-corrected chi connectivity index (χ0v) is 12.3. The Bertz CT molecular complexity index is 424. The zero-order chi connectivity index (χ0) is 13.6. The van der Waals surface area contributed by atoms with Crippen LogP contribution in [-0.2, 0) is 20.5 Å². The van der Waals surface area contributed by atoms with Gasteiger partial charge in [-0.3, -0.25) is 0 Å². The lowest BCUT2D eigenvalue weighted by Crippen LogP contribution is -2.33. The monoisotopic (exact) mass is 265 g/mol. The van der Waals surface area contributed by atoms with Crippen molar-refractivity contribution in [3.63, 3.8) is 0 Å². The van der Waals surface area contributed by atoms with Gasteiger partial charge in [-0.05, 0) is 25.2 Å². The second-order valence-corrected chi connectivity index (χ2v) is 9.31. The first-order chi connectivity index (χ1) is 8.42. The first-order valence-electron chi connectivity index (χ1n) is 5.79. The number of carbonyl (C=O) groups excluding carboxylic acids is 1. The van der Waals surface area contributed by atoms with E-state index in [1.165, 1.54) is 7.11 Å². The highest BCUT2D eigenvalue weighted by Gasteiger charge is 2.24. The lowest BCUT2D eigenvalue weighted by molar-refractivity contribution is -0.127. The minimum Gasteiger partial charge on any atom is -0.515 e. The van der Waals surface area contributed by atoms with Gasteiger partial charge in [0.25, 0.3) is 0 Å². The molecule has 0 aliphatic rings. The zero-order valence-electron chi connectivity index (χ0n) is 11.3. The molecular weight excluding hydrogens is 246 g/mol. The van der Waals surface area contributed by atoms with Gasteiger partial charge in [-0.1, -0.05) is 35.5 Å². The van der Waals surface area contributed by atoms with Crippen LogP contribution in [0.3, 0.4) is 0 Å². The molecule has 0 atom stereocenters. The van der Waals surface area contributed by atoms with Crippen LogP contribution in [0.4, 0.5) is 0 Å². The molecule has 0 amide bonds. The predicted molar refractivity (Wildman–Crippen MR) is 74.0 cm³/mol. The summed E-state index contributed by atoms with van der Waals surface area (Å²) in [6, 6.07) is 9.64. The van der Waals surface area contributed by atoms with Gasteiger partial charge in [-0.25, -0.2) is 4.79 Å². The number of rotatable bonds is 5. The van der Waals surface area contributed by atoms with Crippen molar-refractivity contribution >= 4 is 20.0 Å². The van der Waals surface area contributed by atoms with Crippen molar-refractivity contribution in [2.75, 3.05) is 7.11 Å². The minimum atomic E-state index is -1.92. The summed E-state index contributed by atoms with van der Waals surface area (Å²) in [6.45, 7) is 5.87. The maximum Gasteiger partial charge on any atom is 0.343 e. The molecule has 0 radical (unpaired) electrons. The summed E-state index contributed by atoms with van der Waals surface area (Å²) in [5.74, 6) is -0.389. The van der Waals surface area contributed by atoms with Crippen molar-refractivity contribution in [2.24, 2.45) is 5.16 Å². The summed E-state index contributed by atoms with van der Waals surface area (Å²) in [5.41, 5.74) is 1.30. The Labute approximate surface area is 109 Å². The number of benzene rings is 1. The molecule has 18 heavy (non-hydrogen) atoms. The highest BCUT2D eigenvalue weighted by atomic mass is 28.4. The molecular formula is C13H19NO3Si. The molecule has 0 aliphatic carbocycles. The molecule has 1 rings (SSSR count). The van der Waals surface area contributed by atoms with E-state index in [0.29, 0.717) is 12.1 Å². The molecule has 0 saturated heterocycles. The van der Waals surface area contributed by atoms with E-state index in [-0.39, 0.29) is 5.97 Å². The summed E-state index contributed by atoms with van der Waals surface area (Å²) < 4.78 is 5.41. The fourth-order valence-electron chi connectivity index (χ4n) is 1.38. The third kappa shape index (κ3) is 5.14. The van der Waals surface area contributed by atoms with Gasteiger partial charge in [-0.15, -0.1) is 0 Å². The summed E-state index contributed by atoms with van der Waals surface area (Å²) in [7, 11) is -0.492. The highest BCUT2D eigenvalue weighted by Crippen LogP contribution is 2.07. The molecule has 0 spiro atoms. The second-order valence-electron chi connectivity index (χ2n) is 4.88. The van der Waals surface area contributed by atoms with E-state index in [4.69, 9.17) is 9.26 Å². The van der Waals surface area contributed by atoms with Crippen molar-refractivity contribution in [1.29, 1.82) is 0 Å². The van der Waals surface area contributed by atoms with Gasteiger partial charge < -0.3 is 9.26 Å². The van der Waals surface area contributed by atoms with Gasteiger partial charge in [-0.2, -0.15) is 0 Å². The Hall–Kier alpha value is -1.62. The number of nitrogens with zero attached hydrogens (tertiary/aromatic N) is 1. The van der Waals surface area contributed by atoms with Crippen LogP contribution in [0, 0.1) is 0 Å². The Balaban J connectivity index is 2.78. The van der Waals surface area contributed by atoms with Crippen molar-refractivity contribution < 1.29 is 14.1 Å². The van der Waals surface area contributed by atoms with Crippen molar-refractivity contribution in [2.45, 2.75) is 26.1 Å².